The Balaban J connectivity index is 2.62. The van der Waals surface area contributed by atoms with Crippen molar-refractivity contribution in [2.24, 2.45) is 5.41 Å². The Kier molecular flexibility index (Phi) is 5.70. The summed E-state index contributed by atoms with van der Waals surface area (Å²) in [6.07, 6.45) is 0. The van der Waals surface area contributed by atoms with Gasteiger partial charge in [-0.3, -0.25) is 0 Å². The maximum Gasteiger partial charge on any atom is 0.338 e. The Morgan fingerprint density at radius 1 is 0.950 bits per heavy atom. The molecule has 0 spiro atoms. The van der Waals surface area contributed by atoms with Gasteiger partial charge in [0.25, 0.3) is 0 Å². The molecule has 0 aliphatic carbocycles. The van der Waals surface area contributed by atoms with Crippen LogP contribution in [0.25, 0.3) is 0 Å². The molecule has 0 bridgehead atoms. The first-order valence-corrected chi connectivity index (χ1v) is 6.24. The summed E-state index contributed by atoms with van der Waals surface area (Å²) in [5.74, 6) is -0.864. The number of hydrogen-bond acceptors (Lipinski definition) is 5. The zero-order chi connectivity index (χ0) is 15.2. The second kappa shape index (κ2) is 7.05. The molecule has 0 aliphatic heterocycles. The predicted molar refractivity (Wildman–Crippen MR) is 73.7 cm³/mol. The summed E-state index contributed by atoms with van der Waals surface area (Å²) >= 11 is 0. The van der Waals surface area contributed by atoms with E-state index >= 15 is 0 Å². The van der Waals surface area contributed by atoms with E-state index < -0.39 is 11.9 Å². The lowest BCUT2D eigenvalue weighted by atomic mass is 9.96. The summed E-state index contributed by atoms with van der Waals surface area (Å²) in [6, 6.07) is 6.14. The summed E-state index contributed by atoms with van der Waals surface area (Å²) < 4.78 is 14.9. The molecule has 0 saturated carbocycles. The van der Waals surface area contributed by atoms with Gasteiger partial charge in [-0.15, -0.1) is 0 Å². The Bertz CT molecular complexity index is 462. The lowest BCUT2D eigenvalue weighted by Crippen LogP contribution is -2.26. The van der Waals surface area contributed by atoms with Gasteiger partial charge in [-0.1, -0.05) is 13.8 Å². The van der Waals surface area contributed by atoms with Crippen molar-refractivity contribution in [3.05, 3.63) is 35.4 Å². The third-order valence-corrected chi connectivity index (χ3v) is 2.67. The van der Waals surface area contributed by atoms with Gasteiger partial charge in [-0.2, -0.15) is 0 Å². The van der Waals surface area contributed by atoms with Crippen molar-refractivity contribution in [2.75, 3.05) is 27.4 Å². The molecule has 0 radical (unpaired) electrons. The van der Waals surface area contributed by atoms with E-state index in [2.05, 4.69) is 4.74 Å². The van der Waals surface area contributed by atoms with Gasteiger partial charge in [-0.05, 0) is 24.3 Å². The van der Waals surface area contributed by atoms with Crippen LogP contribution >= 0.6 is 0 Å². The van der Waals surface area contributed by atoms with Gasteiger partial charge in [0.2, 0.25) is 0 Å². The number of ether oxygens (including phenoxy) is 3. The highest BCUT2D eigenvalue weighted by molar-refractivity contribution is 5.93. The number of carbonyl (C=O) groups is 2. The molecule has 110 valence electrons. The molecule has 0 fully saturated rings. The maximum absolute atomic E-state index is 11.9. The lowest BCUT2D eigenvalue weighted by Gasteiger charge is -2.22. The molecule has 0 unspecified atom stereocenters. The lowest BCUT2D eigenvalue weighted by molar-refractivity contribution is 0.0136. The van der Waals surface area contributed by atoms with Crippen LogP contribution in [0.15, 0.2) is 24.3 Å². The minimum atomic E-state index is -0.439. The highest BCUT2D eigenvalue weighted by Gasteiger charge is 2.21. The molecular formula is C15H20O5. The fourth-order valence-corrected chi connectivity index (χ4v) is 1.64. The van der Waals surface area contributed by atoms with Crippen LogP contribution in [0, 0.1) is 5.41 Å². The molecule has 0 aliphatic rings. The van der Waals surface area contributed by atoms with E-state index in [4.69, 9.17) is 9.47 Å². The summed E-state index contributed by atoms with van der Waals surface area (Å²) in [7, 11) is 2.91. The largest absolute Gasteiger partial charge is 0.465 e. The standard InChI is InChI=1S/C15H20O5/c1-15(2,9-18-3)10-20-14(17)12-7-5-11(6-8-12)13(16)19-4/h5-8H,9-10H2,1-4H3. The molecule has 0 heterocycles. The van der Waals surface area contributed by atoms with Crippen molar-refractivity contribution >= 4 is 11.9 Å². The second-order valence-electron chi connectivity index (χ2n) is 5.24. The highest BCUT2D eigenvalue weighted by Crippen LogP contribution is 2.16. The summed E-state index contributed by atoms with van der Waals surface area (Å²) in [4.78, 5) is 23.1. The summed E-state index contributed by atoms with van der Waals surface area (Å²) in [6.45, 7) is 4.66. The second-order valence-corrected chi connectivity index (χ2v) is 5.24. The molecule has 1 aromatic carbocycles. The smallest absolute Gasteiger partial charge is 0.338 e. The van der Waals surface area contributed by atoms with Crippen LogP contribution in [-0.2, 0) is 14.2 Å². The highest BCUT2D eigenvalue weighted by atomic mass is 16.5. The van der Waals surface area contributed by atoms with E-state index in [0.29, 0.717) is 17.7 Å². The third kappa shape index (κ3) is 4.66. The Hall–Kier alpha value is -1.88. The monoisotopic (exact) mass is 280 g/mol. The molecule has 1 rings (SSSR count). The van der Waals surface area contributed by atoms with Crippen LogP contribution in [0.3, 0.4) is 0 Å². The van der Waals surface area contributed by atoms with Crippen LogP contribution < -0.4 is 0 Å². The molecule has 0 aromatic heterocycles. The van der Waals surface area contributed by atoms with Crippen molar-refractivity contribution in [1.29, 1.82) is 0 Å². The first-order valence-electron chi connectivity index (χ1n) is 6.24. The number of esters is 2. The topological polar surface area (TPSA) is 61.8 Å². The summed E-state index contributed by atoms with van der Waals surface area (Å²) in [5, 5.41) is 0. The Morgan fingerprint density at radius 2 is 1.45 bits per heavy atom. The number of methoxy groups -OCH3 is 2. The van der Waals surface area contributed by atoms with Crippen LogP contribution in [-0.4, -0.2) is 39.4 Å². The fraction of sp³-hybridized carbons (Fsp3) is 0.467. The van der Waals surface area contributed by atoms with Gasteiger partial charge < -0.3 is 14.2 Å². The van der Waals surface area contributed by atoms with Crippen LogP contribution in [0.2, 0.25) is 0 Å². The Morgan fingerprint density at radius 3 is 1.90 bits per heavy atom. The zero-order valence-corrected chi connectivity index (χ0v) is 12.3. The Labute approximate surface area is 118 Å². The minimum absolute atomic E-state index is 0.240. The zero-order valence-electron chi connectivity index (χ0n) is 12.3. The predicted octanol–water partition coefficient (Wildman–Crippen LogP) is 2.30. The number of hydrogen-bond donors (Lipinski definition) is 0. The van der Waals surface area contributed by atoms with Crippen molar-refractivity contribution in [3.8, 4) is 0 Å². The molecule has 5 nitrogen and oxygen atoms in total. The van der Waals surface area contributed by atoms with Crippen molar-refractivity contribution in [2.45, 2.75) is 13.8 Å². The van der Waals surface area contributed by atoms with Gasteiger partial charge >= 0.3 is 11.9 Å². The van der Waals surface area contributed by atoms with Crippen LogP contribution in [0.4, 0.5) is 0 Å². The van der Waals surface area contributed by atoms with Crippen LogP contribution in [0.1, 0.15) is 34.6 Å². The van der Waals surface area contributed by atoms with Crippen molar-refractivity contribution in [1.82, 2.24) is 0 Å². The quantitative estimate of drug-likeness (QED) is 0.748. The number of carbonyl (C=O) groups excluding carboxylic acids is 2. The molecule has 0 N–H and O–H groups in total. The van der Waals surface area contributed by atoms with Gasteiger partial charge in [0.05, 0.1) is 31.5 Å². The molecule has 0 amide bonds. The average Bonchev–Trinajstić information content (AvgIpc) is 2.44. The molecule has 20 heavy (non-hydrogen) atoms. The average molecular weight is 280 g/mol. The van der Waals surface area contributed by atoms with Crippen LogP contribution in [0.5, 0.6) is 0 Å². The number of rotatable bonds is 6. The first kappa shape index (κ1) is 16.2. The van der Waals surface area contributed by atoms with Gasteiger partial charge in [0.1, 0.15) is 0 Å². The van der Waals surface area contributed by atoms with Gasteiger partial charge in [0.15, 0.2) is 0 Å². The summed E-state index contributed by atoms with van der Waals surface area (Å²) in [5.41, 5.74) is 0.547. The van der Waals surface area contributed by atoms with Crippen molar-refractivity contribution in [3.63, 3.8) is 0 Å². The molecule has 1 aromatic rings. The molecule has 0 atom stereocenters. The first-order chi connectivity index (χ1) is 9.39. The molecule has 0 saturated heterocycles. The maximum atomic E-state index is 11.9. The SMILES string of the molecule is COCC(C)(C)COC(=O)c1ccc(C(=O)OC)cc1. The van der Waals surface area contributed by atoms with E-state index in [-0.39, 0.29) is 12.0 Å². The normalized spacial score (nSPS) is 11.0. The molecule has 5 heteroatoms. The van der Waals surface area contributed by atoms with E-state index in [0.717, 1.165) is 0 Å². The fourth-order valence-electron chi connectivity index (χ4n) is 1.64. The van der Waals surface area contributed by atoms with E-state index in [1.807, 2.05) is 13.8 Å². The van der Waals surface area contributed by atoms with Gasteiger partial charge in [0, 0.05) is 12.5 Å². The third-order valence-electron chi connectivity index (χ3n) is 2.67. The van der Waals surface area contributed by atoms with E-state index in [1.165, 1.54) is 31.4 Å². The van der Waals surface area contributed by atoms with E-state index in [1.54, 1.807) is 7.11 Å². The van der Waals surface area contributed by atoms with E-state index in [9.17, 15) is 9.59 Å². The van der Waals surface area contributed by atoms with Gasteiger partial charge in [-0.25, -0.2) is 9.59 Å². The molecular weight excluding hydrogens is 260 g/mol. The minimum Gasteiger partial charge on any atom is -0.465 e. The number of benzene rings is 1. The van der Waals surface area contributed by atoms with Crippen molar-refractivity contribution < 1.29 is 23.8 Å².